The van der Waals surface area contributed by atoms with Gasteiger partial charge in [-0.25, -0.2) is 0 Å². The average Bonchev–Trinajstić information content (AvgIpc) is 2.58. The second kappa shape index (κ2) is 5.15. The van der Waals surface area contributed by atoms with Gasteiger partial charge in [-0.1, -0.05) is 29.8 Å². The highest BCUT2D eigenvalue weighted by molar-refractivity contribution is 5.22. The highest BCUT2D eigenvalue weighted by Gasteiger charge is 2.01. The van der Waals surface area contributed by atoms with Gasteiger partial charge in [0, 0.05) is 20.1 Å². The van der Waals surface area contributed by atoms with Crippen LogP contribution in [0.5, 0.6) is 0 Å². The summed E-state index contributed by atoms with van der Waals surface area (Å²) in [6.45, 7) is 5.88. The molecule has 0 aliphatic rings. The minimum Gasteiger partial charge on any atom is -0.307 e. The summed E-state index contributed by atoms with van der Waals surface area (Å²) < 4.78 is 1.93. The fourth-order valence-electron chi connectivity index (χ4n) is 1.99. The Morgan fingerprint density at radius 1 is 1.18 bits per heavy atom. The summed E-state index contributed by atoms with van der Waals surface area (Å²) in [5.74, 6) is 0. The Morgan fingerprint density at radius 3 is 2.65 bits per heavy atom. The monoisotopic (exact) mass is 229 g/mol. The van der Waals surface area contributed by atoms with Crippen LogP contribution in [0, 0.1) is 13.8 Å². The quantitative estimate of drug-likeness (QED) is 0.872. The van der Waals surface area contributed by atoms with E-state index in [0.29, 0.717) is 0 Å². The van der Waals surface area contributed by atoms with Gasteiger partial charge < -0.3 is 5.32 Å². The number of nitrogens with one attached hydrogen (secondary N) is 1. The van der Waals surface area contributed by atoms with Gasteiger partial charge in [-0.2, -0.15) is 5.10 Å². The highest BCUT2D eigenvalue weighted by Crippen LogP contribution is 2.05. The molecule has 0 aliphatic carbocycles. The first-order chi connectivity index (χ1) is 8.15. The second-order valence-corrected chi connectivity index (χ2v) is 4.49. The van der Waals surface area contributed by atoms with Crippen LogP contribution in [0.4, 0.5) is 0 Å². The van der Waals surface area contributed by atoms with E-state index in [2.05, 4.69) is 47.7 Å². The molecule has 0 aliphatic heterocycles. The maximum absolute atomic E-state index is 4.33. The Kier molecular flexibility index (Phi) is 3.59. The first-order valence-corrected chi connectivity index (χ1v) is 5.91. The second-order valence-electron chi connectivity index (χ2n) is 4.49. The van der Waals surface area contributed by atoms with Gasteiger partial charge in [0.05, 0.1) is 11.4 Å². The van der Waals surface area contributed by atoms with Gasteiger partial charge in [-0.05, 0) is 25.5 Å². The summed E-state index contributed by atoms with van der Waals surface area (Å²) in [5.41, 5.74) is 4.92. The van der Waals surface area contributed by atoms with E-state index >= 15 is 0 Å². The maximum Gasteiger partial charge on any atom is 0.0597 e. The van der Waals surface area contributed by atoms with Crippen LogP contribution in [0.1, 0.15) is 22.5 Å². The number of hydrogen-bond donors (Lipinski definition) is 1. The lowest BCUT2D eigenvalue weighted by Gasteiger charge is -2.06. The molecular weight excluding hydrogens is 210 g/mol. The minimum atomic E-state index is 0.852. The molecule has 2 rings (SSSR count). The molecule has 0 unspecified atom stereocenters. The molecule has 17 heavy (non-hydrogen) atoms. The SMILES string of the molecule is Cc1cccc(CNCc2cc(C)nn2C)c1. The van der Waals surface area contributed by atoms with Gasteiger partial charge in [0.15, 0.2) is 0 Å². The predicted molar refractivity (Wildman–Crippen MR) is 69.7 cm³/mol. The summed E-state index contributed by atoms with van der Waals surface area (Å²) in [6.07, 6.45) is 0. The van der Waals surface area contributed by atoms with Crippen LogP contribution < -0.4 is 5.32 Å². The number of aromatic nitrogens is 2. The predicted octanol–water partition coefficient (Wildman–Crippen LogP) is 2.33. The van der Waals surface area contributed by atoms with Crippen molar-refractivity contribution in [3.05, 3.63) is 52.8 Å². The van der Waals surface area contributed by atoms with E-state index in [1.807, 2.05) is 18.7 Å². The van der Waals surface area contributed by atoms with Crippen LogP contribution in [-0.2, 0) is 20.1 Å². The van der Waals surface area contributed by atoms with Crippen molar-refractivity contribution in [1.82, 2.24) is 15.1 Å². The van der Waals surface area contributed by atoms with Crippen LogP contribution in [0.15, 0.2) is 30.3 Å². The van der Waals surface area contributed by atoms with E-state index in [4.69, 9.17) is 0 Å². The van der Waals surface area contributed by atoms with E-state index in [-0.39, 0.29) is 0 Å². The molecule has 2 aromatic rings. The zero-order chi connectivity index (χ0) is 12.3. The van der Waals surface area contributed by atoms with Gasteiger partial charge in [-0.3, -0.25) is 4.68 Å². The van der Waals surface area contributed by atoms with Crippen molar-refractivity contribution in [2.75, 3.05) is 0 Å². The summed E-state index contributed by atoms with van der Waals surface area (Å²) in [5, 5.41) is 7.77. The number of rotatable bonds is 4. The third kappa shape index (κ3) is 3.17. The van der Waals surface area contributed by atoms with Crippen molar-refractivity contribution in [1.29, 1.82) is 0 Å². The Balaban J connectivity index is 1.89. The Bertz CT molecular complexity index is 500. The fourth-order valence-corrected chi connectivity index (χ4v) is 1.99. The van der Waals surface area contributed by atoms with Gasteiger partial charge in [0.25, 0.3) is 0 Å². The van der Waals surface area contributed by atoms with Gasteiger partial charge in [-0.15, -0.1) is 0 Å². The molecular formula is C14H19N3. The number of nitrogens with zero attached hydrogens (tertiary/aromatic N) is 2. The van der Waals surface area contributed by atoms with E-state index < -0.39 is 0 Å². The van der Waals surface area contributed by atoms with E-state index in [1.54, 1.807) is 0 Å². The lowest BCUT2D eigenvalue weighted by atomic mass is 10.1. The molecule has 0 atom stereocenters. The molecule has 1 heterocycles. The largest absolute Gasteiger partial charge is 0.307 e. The zero-order valence-electron chi connectivity index (χ0n) is 10.7. The van der Waals surface area contributed by atoms with Crippen LogP contribution in [0.25, 0.3) is 0 Å². The van der Waals surface area contributed by atoms with Crippen LogP contribution >= 0.6 is 0 Å². The summed E-state index contributed by atoms with van der Waals surface area (Å²) in [7, 11) is 1.98. The fraction of sp³-hybridized carbons (Fsp3) is 0.357. The molecule has 0 spiro atoms. The van der Waals surface area contributed by atoms with Crippen LogP contribution in [0.3, 0.4) is 0 Å². The molecule has 3 nitrogen and oxygen atoms in total. The smallest absolute Gasteiger partial charge is 0.0597 e. The maximum atomic E-state index is 4.33. The minimum absolute atomic E-state index is 0.852. The molecule has 1 aromatic carbocycles. The lowest BCUT2D eigenvalue weighted by molar-refractivity contribution is 0.624. The molecule has 90 valence electrons. The Labute approximate surface area is 102 Å². The number of hydrogen-bond acceptors (Lipinski definition) is 2. The molecule has 0 fully saturated rings. The lowest BCUT2D eigenvalue weighted by Crippen LogP contribution is -2.15. The van der Waals surface area contributed by atoms with E-state index in [1.165, 1.54) is 16.8 Å². The molecule has 1 N–H and O–H groups in total. The first-order valence-electron chi connectivity index (χ1n) is 5.91. The Morgan fingerprint density at radius 2 is 2.00 bits per heavy atom. The van der Waals surface area contributed by atoms with Crippen LogP contribution in [0.2, 0.25) is 0 Å². The van der Waals surface area contributed by atoms with E-state index in [0.717, 1.165) is 18.8 Å². The van der Waals surface area contributed by atoms with Gasteiger partial charge >= 0.3 is 0 Å². The van der Waals surface area contributed by atoms with Crippen molar-refractivity contribution >= 4 is 0 Å². The van der Waals surface area contributed by atoms with Crippen molar-refractivity contribution in [2.45, 2.75) is 26.9 Å². The molecule has 0 saturated carbocycles. The number of benzene rings is 1. The third-order valence-corrected chi connectivity index (χ3v) is 2.82. The first kappa shape index (κ1) is 11.9. The number of aryl methyl sites for hydroxylation is 3. The molecule has 3 heteroatoms. The summed E-state index contributed by atoms with van der Waals surface area (Å²) in [6, 6.07) is 10.7. The van der Waals surface area contributed by atoms with Crippen molar-refractivity contribution < 1.29 is 0 Å². The molecule has 0 bridgehead atoms. The Hall–Kier alpha value is -1.61. The summed E-state index contributed by atoms with van der Waals surface area (Å²) >= 11 is 0. The highest BCUT2D eigenvalue weighted by atomic mass is 15.3. The normalized spacial score (nSPS) is 10.8. The topological polar surface area (TPSA) is 29.9 Å². The van der Waals surface area contributed by atoms with E-state index in [9.17, 15) is 0 Å². The molecule has 0 radical (unpaired) electrons. The van der Waals surface area contributed by atoms with Gasteiger partial charge in [0.1, 0.15) is 0 Å². The van der Waals surface area contributed by atoms with Crippen LogP contribution in [-0.4, -0.2) is 9.78 Å². The molecule has 0 saturated heterocycles. The standard InChI is InChI=1S/C14H19N3/c1-11-5-4-6-13(7-11)9-15-10-14-8-12(2)16-17(14)3/h4-8,15H,9-10H2,1-3H3. The molecule has 0 amide bonds. The average molecular weight is 229 g/mol. The third-order valence-electron chi connectivity index (χ3n) is 2.82. The zero-order valence-corrected chi connectivity index (χ0v) is 10.7. The van der Waals surface area contributed by atoms with Crippen molar-refractivity contribution in [3.63, 3.8) is 0 Å². The summed E-state index contributed by atoms with van der Waals surface area (Å²) in [4.78, 5) is 0. The van der Waals surface area contributed by atoms with Crippen molar-refractivity contribution in [2.24, 2.45) is 7.05 Å². The molecule has 1 aromatic heterocycles. The van der Waals surface area contributed by atoms with Gasteiger partial charge in [0.2, 0.25) is 0 Å². The van der Waals surface area contributed by atoms with Crippen molar-refractivity contribution in [3.8, 4) is 0 Å².